The zero-order valence-corrected chi connectivity index (χ0v) is 23.2. The molecule has 11 heteroatoms. The average molecular weight is 556 g/mol. The molecular formula is C29H37N3O8. The van der Waals surface area contributed by atoms with Gasteiger partial charge in [0.2, 0.25) is 5.91 Å². The highest BCUT2D eigenvalue weighted by molar-refractivity contribution is 6.32. The molecule has 0 radical (unpaired) electrons. The molecule has 11 nitrogen and oxygen atoms in total. The van der Waals surface area contributed by atoms with E-state index in [9.17, 15) is 39.3 Å². The lowest BCUT2D eigenvalue weighted by Crippen LogP contribution is -2.77. The van der Waals surface area contributed by atoms with E-state index in [0.29, 0.717) is 23.6 Å². The maximum Gasteiger partial charge on any atom is 0.235 e. The third kappa shape index (κ3) is 3.89. The first-order valence-electron chi connectivity index (χ1n) is 13.8. The van der Waals surface area contributed by atoms with Crippen molar-refractivity contribution in [2.75, 3.05) is 27.2 Å². The van der Waals surface area contributed by atoms with Crippen molar-refractivity contribution in [2.45, 2.75) is 56.9 Å². The summed E-state index contributed by atoms with van der Waals surface area (Å²) in [7, 11) is 2.93. The van der Waals surface area contributed by atoms with Gasteiger partial charge in [0, 0.05) is 18.0 Å². The zero-order chi connectivity index (χ0) is 29.4. The van der Waals surface area contributed by atoms with Crippen LogP contribution in [0.5, 0.6) is 5.75 Å². The highest BCUT2D eigenvalue weighted by atomic mass is 16.3. The number of carbonyl (C=O) groups excluding carboxylic acids is 5. The molecule has 8 atom stereocenters. The van der Waals surface area contributed by atoms with Gasteiger partial charge in [-0.15, -0.1) is 0 Å². The number of ketones is 4. The fourth-order valence-electron chi connectivity index (χ4n) is 7.62. The number of nitrogens with two attached hydrogens (primary N) is 1. The molecule has 2 unspecified atom stereocenters. The Labute approximate surface area is 232 Å². The van der Waals surface area contributed by atoms with E-state index in [2.05, 4.69) is 11.8 Å². The number of aromatic hydroxyl groups is 1. The lowest BCUT2D eigenvalue weighted by molar-refractivity contribution is -0.196. The van der Waals surface area contributed by atoms with Crippen molar-refractivity contribution in [2.24, 2.45) is 35.3 Å². The van der Waals surface area contributed by atoms with Crippen LogP contribution in [-0.4, -0.2) is 99.1 Å². The first kappa shape index (κ1) is 28.5. The molecule has 1 heterocycles. The number of rotatable bonds is 4. The molecule has 3 fully saturated rings. The third-order valence-electron chi connectivity index (χ3n) is 9.84. The Bertz CT molecular complexity index is 1300. The molecule has 0 bridgehead atoms. The molecule has 2 saturated carbocycles. The van der Waals surface area contributed by atoms with Gasteiger partial charge in [0.15, 0.2) is 34.7 Å². The number of fused-ring (bicyclic) bond motifs is 3. The van der Waals surface area contributed by atoms with Crippen LogP contribution in [0, 0.1) is 29.6 Å². The second kappa shape index (κ2) is 9.83. The molecule has 1 amide bonds. The fraction of sp³-hybridized carbons (Fsp3) is 0.621. The molecule has 5 rings (SSSR count). The summed E-state index contributed by atoms with van der Waals surface area (Å²) in [5.74, 6) is -12.4. The first-order valence-corrected chi connectivity index (χ1v) is 13.8. The van der Waals surface area contributed by atoms with Crippen molar-refractivity contribution in [3.8, 4) is 5.75 Å². The number of amides is 1. The van der Waals surface area contributed by atoms with Crippen molar-refractivity contribution in [1.29, 1.82) is 0 Å². The summed E-state index contributed by atoms with van der Waals surface area (Å²) < 4.78 is 0. The number of phenols is 1. The van der Waals surface area contributed by atoms with Crippen LogP contribution in [0.4, 0.5) is 0 Å². The number of phenolic OH excluding ortho intramolecular Hbond substituents is 1. The van der Waals surface area contributed by atoms with Crippen molar-refractivity contribution >= 4 is 29.0 Å². The predicted molar refractivity (Wildman–Crippen MR) is 141 cm³/mol. The van der Waals surface area contributed by atoms with Crippen LogP contribution in [0.15, 0.2) is 12.1 Å². The zero-order valence-electron chi connectivity index (χ0n) is 23.2. The Morgan fingerprint density at radius 2 is 1.73 bits per heavy atom. The topological polar surface area (TPSA) is 179 Å². The quantitative estimate of drug-likeness (QED) is 0.358. The average Bonchev–Trinajstić information content (AvgIpc) is 2.88. The van der Waals surface area contributed by atoms with Gasteiger partial charge in [-0.25, -0.2) is 0 Å². The van der Waals surface area contributed by atoms with Crippen LogP contribution < -0.4 is 5.73 Å². The Kier molecular flexibility index (Phi) is 7.01. The van der Waals surface area contributed by atoms with Crippen LogP contribution >= 0.6 is 0 Å². The molecule has 1 aromatic carbocycles. The van der Waals surface area contributed by atoms with Gasteiger partial charge in [-0.1, -0.05) is 26.0 Å². The van der Waals surface area contributed by atoms with Crippen molar-refractivity contribution < 1.29 is 39.3 Å². The lowest BCUT2D eigenvalue weighted by Gasteiger charge is -2.56. The van der Waals surface area contributed by atoms with E-state index in [1.165, 1.54) is 19.0 Å². The molecule has 5 N–H and O–H groups in total. The predicted octanol–water partition coefficient (Wildman–Crippen LogP) is -0.369. The largest absolute Gasteiger partial charge is 0.507 e. The maximum absolute atomic E-state index is 14.0. The van der Waals surface area contributed by atoms with Gasteiger partial charge in [0.1, 0.15) is 5.75 Å². The summed E-state index contributed by atoms with van der Waals surface area (Å²) in [5, 5.41) is 34.7. The number of benzene rings is 1. The Balaban J connectivity index is 1.59. The minimum absolute atomic E-state index is 0.0610. The molecule has 1 saturated heterocycles. The van der Waals surface area contributed by atoms with E-state index in [0.717, 1.165) is 25.9 Å². The second-order valence-electron chi connectivity index (χ2n) is 12.4. The summed E-state index contributed by atoms with van der Waals surface area (Å²) in [6, 6.07) is 2.08. The number of hydrogen-bond donors (Lipinski definition) is 4. The smallest absolute Gasteiger partial charge is 0.235 e. The van der Waals surface area contributed by atoms with Crippen LogP contribution in [0.2, 0.25) is 0 Å². The molecule has 1 aliphatic heterocycles. The summed E-state index contributed by atoms with van der Waals surface area (Å²) in [6.45, 7) is 6.01. The van der Waals surface area contributed by atoms with Crippen molar-refractivity contribution in [3.63, 3.8) is 0 Å². The van der Waals surface area contributed by atoms with E-state index < -0.39 is 76.4 Å². The van der Waals surface area contributed by atoms with Gasteiger partial charge in [0.05, 0.1) is 29.5 Å². The molecule has 1 aromatic rings. The van der Waals surface area contributed by atoms with Gasteiger partial charge in [-0.3, -0.25) is 33.8 Å². The second-order valence-corrected chi connectivity index (χ2v) is 12.4. The monoisotopic (exact) mass is 555 g/mol. The standard InChI is InChI=1S/C29H37N3O8/c1-12-7-9-32(10-8-12)11-14-5-6-15-13(2)16-18(23(34)17(15)22(14)33)26(37)29(40)20(24(16)35)21(31(3)4)25(36)19(27(29)38)28(30)39/h5-6,12-13,16,18-21,24,33,35,40H,7-11H2,1-4H3,(H2,30,39)/t13-,16+,18?,19?,20+,21-,24-,29-/m0/s1. The summed E-state index contributed by atoms with van der Waals surface area (Å²) in [5.41, 5.74) is 3.26. The highest BCUT2D eigenvalue weighted by Crippen LogP contribution is 2.54. The lowest BCUT2D eigenvalue weighted by atomic mass is 9.49. The Morgan fingerprint density at radius 1 is 1.10 bits per heavy atom. The minimum atomic E-state index is -2.99. The first-order chi connectivity index (χ1) is 18.7. The minimum Gasteiger partial charge on any atom is -0.507 e. The van der Waals surface area contributed by atoms with Gasteiger partial charge in [-0.2, -0.15) is 0 Å². The van der Waals surface area contributed by atoms with E-state index in [1.807, 2.05) is 0 Å². The van der Waals surface area contributed by atoms with E-state index in [4.69, 9.17) is 5.73 Å². The van der Waals surface area contributed by atoms with E-state index in [1.54, 1.807) is 19.1 Å². The summed E-state index contributed by atoms with van der Waals surface area (Å²) >= 11 is 0. The number of nitrogens with zero attached hydrogens (tertiary/aromatic N) is 2. The molecule has 0 aromatic heterocycles. The van der Waals surface area contributed by atoms with Gasteiger partial charge in [-0.05, 0) is 57.4 Å². The third-order valence-corrected chi connectivity index (χ3v) is 9.84. The molecule has 3 aliphatic carbocycles. The molecule has 216 valence electrons. The van der Waals surface area contributed by atoms with Crippen LogP contribution in [0.25, 0.3) is 0 Å². The molecular weight excluding hydrogens is 518 g/mol. The van der Waals surface area contributed by atoms with Crippen molar-refractivity contribution in [3.05, 3.63) is 28.8 Å². The number of piperidine rings is 1. The van der Waals surface area contributed by atoms with Crippen LogP contribution in [-0.2, 0) is 25.7 Å². The molecule has 0 spiro atoms. The van der Waals surface area contributed by atoms with Gasteiger partial charge in [0.25, 0.3) is 0 Å². The number of aliphatic hydroxyl groups excluding tert-OH is 1. The number of carbonyl (C=O) groups is 5. The summed E-state index contributed by atoms with van der Waals surface area (Å²) in [4.78, 5) is 70.4. The van der Waals surface area contributed by atoms with Crippen molar-refractivity contribution in [1.82, 2.24) is 9.80 Å². The van der Waals surface area contributed by atoms with Gasteiger partial charge >= 0.3 is 0 Å². The Morgan fingerprint density at radius 3 is 2.30 bits per heavy atom. The fourth-order valence-corrected chi connectivity index (χ4v) is 7.62. The molecule has 40 heavy (non-hydrogen) atoms. The SMILES string of the molecule is CC1CCN(Cc2ccc3c(c2O)C(=O)C2C(=O)[C@]4(O)C(=O)C(C(N)=O)C(=O)[C@@H](N(C)C)[C@@H]4[C@@H](O)[C@@H]2[C@H]3C)CC1. The maximum atomic E-state index is 14.0. The van der Waals surface area contributed by atoms with Crippen LogP contribution in [0.1, 0.15) is 54.1 Å². The Hall–Kier alpha value is -2.99. The number of Topliss-reactive ketones (excluding diaryl/α,β-unsaturated/α-hetero) is 4. The number of likely N-dealkylation sites (tertiary alicyclic amines) is 1. The normalized spacial score (nSPS) is 36.8. The number of likely N-dealkylation sites (N-methyl/N-ethyl adjacent to an activating group) is 1. The highest BCUT2D eigenvalue weighted by Gasteiger charge is 2.72. The molecule has 4 aliphatic rings. The number of aliphatic hydroxyl groups is 2. The van der Waals surface area contributed by atoms with E-state index in [-0.39, 0.29) is 11.3 Å². The number of hydrogen-bond acceptors (Lipinski definition) is 10. The number of primary amides is 1. The van der Waals surface area contributed by atoms with Gasteiger partial charge < -0.3 is 21.1 Å². The summed E-state index contributed by atoms with van der Waals surface area (Å²) in [6.07, 6.45) is 0.411. The van der Waals surface area contributed by atoms with E-state index >= 15 is 0 Å². The van der Waals surface area contributed by atoms with Crippen LogP contribution in [0.3, 0.4) is 0 Å².